The second kappa shape index (κ2) is 12.2. The number of aromatic nitrogens is 2. The quantitative estimate of drug-likeness (QED) is 0.217. The number of carbonyl (C=O) groups excluding carboxylic acids is 1. The largest absolute Gasteiger partial charge is 0.493 e. The Morgan fingerprint density at radius 3 is 2.23 bits per heavy atom. The number of aryl methyl sites for hydroxylation is 1. The molecule has 3 saturated heterocycles. The van der Waals surface area contributed by atoms with Crippen molar-refractivity contribution >= 4 is 16.9 Å². The van der Waals surface area contributed by atoms with Crippen LogP contribution in [0.3, 0.4) is 0 Å². The molecule has 1 unspecified atom stereocenters. The minimum Gasteiger partial charge on any atom is -0.493 e. The predicted octanol–water partition coefficient (Wildman–Crippen LogP) is 6.93. The Balaban J connectivity index is 0.996. The third kappa shape index (κ3) is 5.70. The molecule has 6 heteroatoms. The van der Waals surface area contributed by atoms with Crippen LogP contribution in [0.25, 0.3) is 11.0 Å². The molecule has 0 N–H and O–H groups in total. The Labute approximate surface area is 255 Å². The third-order valence-electron chi connectivity index (χ3n) is 10.6. The van der Waals surface area contributed by atoms with Crippen LogP contribution in [0.4, 0.5) is 0 Å². The molecule has 0 spiro atoms. The Morgan fingerprint density at radius 2 is 1.51 bits per heavy atom. The first-order valence-electron chi connectivity index (χ1n) is 16.3. The predicted molar refractivity (Wildman–Crippen MR) is 171 cm³/mol. The monoisotopic (exact) mass is 576 g/mol. The molecule has 3 aliphatic heterocycles. The molecule has 2 bridgehead atoms. The molecule has 0 radical (unpaired) electrons. The van der Waals surface area contributed by atoms with Crippen molar-refractivity contribution in [3.05, 3.63) is 96.3 Å². The number of likely N-dealkylation sites (tertiary alicyclic amines) is 1. The first-order valence-corrected chi connectivity index (χ1v) is 16.3. The van der Waals surface area contributed by atoms with E-state index in [-0.39, 0.29) is 11.3 Å². The summed E-state index contributed by atoms with van der Waals surface area (Å²) >= 11 is 0. The van der Waals surface area contributed by atoms with Crippen LogP contribution in [0, 0.1) is 6.92 Å². The fourth-order valence-corrected chi connectivity index (χ4v) is 8.38. The van der Waals surface area contributed by atoms with Crippen LogP contribution >= 0.6 is 0 Å². The number of amides is 1. The standard InChI is InChI=1S/C37H44N4O2/c1-28-38-34-14-8-9-15-35(34)41(28)32-26-30-16-17-31(27-32)40(30)24-21-37(29-10-4-2-5-11-29)19-22-39(23-20-37)36(42)18-25-43-33-12-6-3-7-13-33/h2-15,30-32H,16-27H2,1H3/t30-,31+,32?. The number of para-hydroxylation sites is 3. The average Bonchev–Trinajstić information content (AvgIpc) is 3.51. The van der Waals surface area contributed by atoms with E-state index >= 15 is 0 Å². The molecule has 0 aliphatic carbocycles. The van der Waals surface area contributed by atoms with Gasteiger partial charge in [0.25, 0.3) is 0 Å². The summed E-state index contributed by atoms with van der Waals surface area (Å²) in [7, 11) is 0. The van der Waals surface area contributed by atoms with Crippen LogP contribution in [-0.4, -0.2) is 63.6 Å². The van der Waals surface area contributed by atoms with Crippen molar-refractivity contribution in [2.45, 2.75) is 81.8 Å². The van der Waals surface area contributed by atoms with E-state index in [4.69, 9.17) is 9.72 Å². The molecule has 7 rings (SSSR count). The third-order valence-corrected chi connectivity index (χ3v) is 10.6. The summed E-state index contributed by atoms with van der Waals surface area (Å²) in [5.74, 6) is 2.18. The molecule has 4 aromatic rings. The number of benzene rings is 3. The molecule has 3 aromatic carbocycles. The van der Waals surface area contributed by atoms with E-state index in [2.05, 4.69) is 75.9 Å². The summed E-state index contributed by atoms with van der Waals surface area (Å²) in [5.41, 5.74) is 3.96. The van der Waals surface area contributed by atoms with Gasteiger partial charge in [0.05, 0.1) is 24.1 Å². The van der Waals surface area contributed by atoms with E-state index in [1.54, 1.807) is 0 Å². The Hall–Kier alpha value is -3.64. The highest BCUT2D eigenvalue weighted by molar-refractivity contribution is 5.77. The summed E-state index contributed by atoms with van der Waals surface area (Å²) in [6, 6.07) is 31.3. The fourth-order valence-electron chi connectivity index (χ4n) is 8.38. The van der Waals surface area contributed by atoms with Gasteiger partial charge in [-0.05, 0) is 93.7 Å². The number of nitrogens with zero attached hydrogens (tertiary/aromatic N) is 4. The van der Waals surface area contributed by atoms with Gasteiger partial charge >= 0.3 is 0 Å². The number of hydrogen-bond acceptors (Lipinski definition) is 4. The Bertz CT molecular complexity index is 1510. The van der Waals surface area contributed by atoms with Crippen molar-refractivity contribution in [2.24, 2.45) is 0 Å². The van der Waals surface area contributed by atoms with Gasteiger partial charge in [-0.3, -0.25) is 9.69 Å². The number of hydrogen-bond donors (Lipinski definition) is 0. The lowest BCUT2D eigenvalue weighted by Gasteiger charge is -2.45. The van der Waals surface area contributed by atoms with E-state index in [1.165, 1.54) is 36.8 Å². The molecule has 4 heterocycles. The normalized spacial score (nSPS) is 23.5. The maximum atomic E-state index is 13.1. The molecular weight excluding hydrogens is 532 g/mol. The van der Waals surface area contributed by atoms with Gasteiger partial charge in [-0.25, -0.2) is 4.98 Å². The zero-order chi connectivity index (χ0) is 29.2. The minimum absolute atomic E-state index is 0.117. The smallest absolute Gasteiger partial charge is 0.225 e. The first kappa shape index (κ1) is 28.1. The highest BCUT2D eigenvalue weighted by Crippen LogP contribution is 2.45. The lowest BCUT2D eigenvalue weighted by molar-refractivity contribution is -0.133. The number of imidazole rings is 1. The number of carbonyl (C=O) groups is 1. The molecule has 0 saturated carbocycles. The maximum absolute atomic E-state index is 13.1. The number of piperidine rings is 2. The first-order chi connectivity index (χ1) is 21.1. The molecule has 3 atom stereocenters. The van der Waals surface area contributed by atoms with E-state index in [0.717, 1.165) is 56.0 Å². The van der Waals surface area contributed by atoms with Gasteiger partial charge in [0.1, 0.15) is 11.6 Å². The Morgan fingerprint density at radius 1 is 0.860 bits per heavy atom. The van der Waals surface area contributed by atoms with Crippen LogP contribution in [-0.2, 0) is 10.2 Å². The van der Waals surface area contributed by atoms with E-state index < -0.39 is 0 Å². The molecular formula is C37H44N4O2. The summed E-state index contributed by atoms with van der Waals surface area (Å²) < 4.78 is 8.34. The molecule has 1 amide bonds. The summed E-state index contributed by atoms with van der Waals surface area (Å²) in [5, 5.41) is 0. The zero-order valence-corrected chi connectivity index (χ0v) is 25.4. The van der Waals surface area contributed by atoms with E-state index in [0.29, 0.717) is 31.2 Å². The summed E-state index contributed by atoms with van der Waals surface area (Å²) in [6.07, 6.45) is 8.66. The summed E-state index contributed by atoms with van der Waals surface area (Å²) in [6.45, 7) is 5.38. The molecule has 3 fully saturated rings. The molecule has 43 heavy (non-hydrogen) atoms. The molecule has 3 aliphatic rings. The van der Waals surface area contributed by atoms with Crippen LogP contribution in [0.2, 0.25) is 0 Å². The molecule has 1 aromatic heterocycles. The van der Waals surface area contributed by atoms with Gasteiger partial charge < -0.3 is 14.2 Å². The number of ether oxygens (including phenoxy) is 1. The van der Waals surface area contributed by atoms with Gasteiger partial charge in [0.2, 0.25) is 5.91 Å². The van der Waals surface area contributed by atoms with Crippen molar-refractivity contribution in [1.82, 2.24) is 19.4 Å². The van der Waals surface area contributed by atoms with Crippen molar-refractivity contribution in [2.75, 3.05) is 26.2 Å². The van der Waals surface area contributed by atoms with Crippen LogP contribution < -0.4 is 4.74 Å². The van der Waals surface area contributed by atoms with Gasteiger partial charge in [-0.2, -0.15) is 0 Å². The van der Waals surface area contributed by atoms with Gasteiger partial charge in [-0.15, -0.1) is 0 Å². The number of rotatable bonds is 9. The van der Waals surface area contributed by atoms with Gasteiger partial charge in [0.15, 0.2) is 0 Å². The van der Waals surface area contributed by atoms with Crippen LogP contribution in [0.5, 0.6) is 5.75 Å². The maximum Gasteiger partial charge on any atom is 0.225 e. The van der Waals surface area contributed by atoms with Crippen molar-refractivity contribution in [3.63, 3.8) is 0 Å². The SMILES string of the molecule is Cc1nc2ccccc2n1C1C[C@H]2CC[C@@H](C1)N2CCC1(c2ccccc2)CCN(C(=O)CCOc2ccccc2)CC1. The summed E-state index contributed by atoms with van der Waals surface area (Å²) in [4.78, 5) is 22.9. The highest BCUT2D eigenvalue weighted by Gasteiger charge is 2.44. The highest BCUT2D eigenvalue weighted by atomic mass is 16.5. The average molecular weight is 577 g/mol. The minimum atomic E-state index is 0.117. The zero-order valence-electron chi connectivity index (χ0n) is 25.4. The molecule has 224 valence electrons. The second-order valence-corrected chi connectivity index (χ2v) is 13.0. The lowest BCUT2D eigenvalue weighted by atomic mass is 9.70. The topological polar surface area (TPSA) is 50.6 Å². The van der Waals surface area contributed by atoms with E-state index in [9.17, 15) is 4.79 Å². The van der Waals surface area contributed by atoms with Gasteiger partial charge in [-0.1, -0.05) is 60.7 Å². The fraction of sp³-hybridized carbons (Fsp3) is 0.459. The Kier molecular flexibility index (Phi) is 7.96. The van der Waals surface area contributed by atoms with Gasteiger partial charge in [0, 0.05) is 31.2 Å². The van der Waals surface area contributed by atoms with Crippen molar-refractivity contribution in [1.29, 1.82) is 0 Å². The van der Waals surface area contributed by atoms with Crippen molar-refractivity contribution < 1.29 is 9.53 Å². The second-order valence-electron chi connectivity index (χ2n) is 13.0. The van der Waals surface area contributed by atoms with E-state index in [1.807, 2.05) is 30.3 Å². The van der Waals surface area contributed by atoms with Crippen LogP contribution in [0.1, 0.15) is 68.8 Å². The lowest BCUT2D eigenvalue weighted by Crippen LogP contribution is -2.49. The number of fused-ring (bicyclic) bond motifs is 3. The van der Waals surface area contributed by atoms with Crippen molar-refractivity contribution in [3.8, 4) is 5.75 Å². The molecule has 6 nitrogen and oxygen atoms in total. The van der Waals surface area contributed by atoms with Crippen LogP contribution in [0.15, 0.2) is 84.9 Å².